The van der Waals surface area contributed by atoms with Gasteiger partial charge in [-0.25, -0.2) is 4.68 Å². The van der Waals surface area contributed by atoms with Crippen LogP contribution in [0.2, 0.25) is 0 Å². The number of likely N-dealkylation sites (tertiary alicyclic amines) is 1. The molecule has 0 spiro atoms. The van der Waals surface area contributed by atoms with Crippen LogP contribution in [0.5, 0.6) is 0 Å². The molecule has 1 aromatic carbocycles. The minimum atomic E-state index is -0.833. The third kappa shape index (κ3) is 4.06. The Morgan fingerprint density at radius 2 is 1.97 bits per heavy atom. The Hall–Kier alpha value is -3.27. The zero-order chi connectivity index (χ0) is 24.4. The normalized spacial score (nSPS) is 27.0. The number of hydrogen-bond acceptors (Lipinski definition) is 6. The molecule has 34 heavy (non-hydrogen) atoms. The van der Waals surface area contributed by atoms with Crippen LogP contribution < -0.4 is 10.6 Å². The van der Waals surface area contributed by atoms with Crippen LogP contribution in [0, 0.1) is 23.7 Å². The summed E-state index contributed by atoms with van der Waals surface area (Å²) in [7, 11) is 1.57. The van der Waals surface area contributed by atoms with E-state index in [9.17, 15) is 19.5 Å². The number of para-hydroxylation sites is 1. The summed E-state index contributed by atoms with van der Waals surface area (Å²) in [6, 6.07) is 6.03. The molecule has 0 unspecified atom stereocenters. The molecule has 3 N–H and O–H groups in total. The van der Waals surface area contributed by atoms with Crippen molar-refractivity contribution in [2.24, 2.45) is 23.7 Å². The number of allylic oxidation sites excluding steroid dienone is 1. The highest BCUT2D eigenvalue weighted by Gasteiger charge is 2.57. The molecule has 1 saturated heterocycles. The number of aliphatic hydroxyl groups is 1. The van der Waals surface area contributed by atoms with Gasteiger partial charge in [-0.2, -0.15) is 0 Å². The summed E-state index contributed by atoms with van der Waals surface area (Å²) in [5.74, 6) is -2.57. The topological polar surface area (TPSA) is 129 Å². The van der Waals surface area contributed by atoms with Gasteiger partial charge in [-0.1, -0.05) is 42.8 Å². The van der Waals surface area contributed by atoms with E-state index in [-0.39, 0.29) is 36.9 Å². The van der Waals surface area contributed by atoms with Crippen molar-refractivity contribution < 1.29 is 19.5 Å². The van der Waals surface area contributed by atoms with Gasteiger partial charge in [0.05, 0.1) is 30.0 Å². The summed E-state index contributed by atoms with van der Waals surface area (Å²) in [4.78, 5) is 41.5. The van der Waals surface area contributed by atoms with Gasteiger partial charge in [0.1, 0.15) is 18.2 Å². The summed E-state index contributed by atoms with van der Waals surface area (Å²) in [6.07, 6.45) is 5.55. The molecule has 2 aliphatic rings. The van der Waals surface area contributed by atoms with Crippen LogP contribution in [0.15, 0.2) is 36.4 Å². The van der Waals surface area contributed by atoms with Crippen molar-refractivity contribution in [2.45, 2.75) is 45.4 Å². The highest BCUT2D eigenvalue weighted by Crippen LogP contribution is 2.45. The van der Waals surface area contributed by atoms with Crippen molar-refractivity contribution in [2.75, 3.05) is 13.7 Å². The van der Waals surface area contributed by atoms with Crippen molar-refractivity contribution in [1.82, 2.24) is 30.5 Å². The van der Waals surface area contributed by atoms with Crippen molar-refractivity contribution in [3.05, 3.63) is 36.4 Å². The van der Waals surface area contributed by atoms with Crippen molar-refractivity contribution in [1.29, 1.82) is 0 Å². The first-order valence-electron chi connectivity index (χ1n) is 11.8. The van der Waals surface area contributed by atoms with Gasteiger partial charge >= 0.3 is 0 Å². The number of amides is 3. The second-order valence-electron chi connectivity index (χ2n) is 9.08. The quantitative estimate of drug-likeness (QED) is 0.489. The Bertz CT molecular complexity index is 1100. The second-order valence-corrected chi connectivity index (χ2v) is 9.08. The fraction of sp³-hybridized carbons (Fsp3) is 0.542. The Labute approximate surface area is 198 Å². The lowest BCUT2D eigenvalue weighted by Crippen LogP contribution is -2.51. The van der Waals surface area contributed by atoms with Gasteiger partial charge in [0.25, 0.3) is 0 Å². The van der Waals surface area contributed by atoms with Crippen molar-refractivity contribution in [3.63, 3.8) is 0 Å². The Balaban J connectivity index is 1.64. The first-order chi connectivity index (χ1) is 16.4. The van der Waals surface area contributed by atoms with E-state index in [0.29, 0.717) is 5.52 Å². The molecule has 2 aromatic rings. The molecule has 1 aliphatic carbocycles. The van der Waals surface area contributed by atoms with E-state index in [1.54, 1.807) is 18.7 Å². The molecule has 0 saturated carbocycles. The summed E-state index contributed by atoms with van der Waals surface area (Å²) >= 11 is 0. The highest BCUT2D eigenvalue weighted by molar-refractivity contribution is 5.97. The Morgan fingerprint density at radius 1 is 1.21 bits per heavy atom. The molecule has 0 radical (unpaired) electrons. The van der Waals surface area contributed by atoms with Crippen LogP contribution in [-0.2, 0) is 21.1 Å². The average molecular weight is 469 g/mol. The summed E-state index contributed by atoms with van der Waals surface area (Å²) < 4.78 is 1.59. The third-order valence-electron chi connectivity index (χ3n) is 7.05. The fourth-order valence-electron chi connectivity index (χ4n) is 5.44. The molecule has 3 amide bonds. The molecule has 2 heterocycles. The Morgan fingerprint density at radius 3 is 2.68 bits per heavy atom. The predicted octanol–water partition coefficient (Wildman–Crippen LogP) is 0.677. The summed E-state index contributed by atoms with van der Waals surface area (Å²) in [5.41, 5.74) is 1.50. The number of fused-ring (bicyclic) bond motifs is 2. The van der Waals surface area contributed by atoms with Gasteiger partial charge in [0.15, 0.2) is 0 Å². The van der Waals surface area contributed by atoms with E-state index in [2.05, 4.69) is 20.9 Å². The van der Waals surface area contributed by atoms with Gasteiger partial charge in [-0.05, 0) is 31.4 Å². The van der Waals surface area contributed by atoms with Crippen molar-refractivity contribution in [3.8, 4) is 0 Å². The number of aromatic nitrogens is 3. The monoisotopic (exact) mass is 468 g/mol. The molecule has 0 bridgehead atoms. The lowest BCUT2D eigenvalue weighted by atomic mass is 9.68. The van der Waals surface area contributed by atoms with E-state index >= 15 is 0 Å². The maximum absolute atomic E-state index is 13.6. The number of nitrogens with one attached hydrogen (secondary N) is 2. The number of nitrogens with zero attached hydrogens (tertiary/aromatic N) is 4. The molecule has 1 aliphatic heterocycles. The molecule has 1 fully saturated rings. The summed E-state index contributed by atoms with van der Waals surface area (Å²) in [6.45, 7) is 3.56. The molecule has 1 aromatic heterocycles. The standard InChI is InChI=1S/C24H32N6O4/c1-4-7-15-10-11-16-20(19(15)22(32)25-3)24(34)30(14(2)12-31)21(16)23(33)26-13-29-18-9-6-5-8-17(18)27-28-29/h5-6,8-11,14-16,19-21,31H,4,7,12-13H2,1-3H3,(H,25,32)(H,26,33)/t14-,15-,16+,19-,20+,21+/m1/s1. The average Bonchev–Trinajstić information content (AvgIpc) is 3.40. The van der Waals surface area contributed by atoms with Crippen LogP contribution in [0.1, 0.15) is 26.7 Å². The number of aliphatic hydroxyl groups excluding tert-OH is 1. The first-order valence-corrected chi connectivity index (χ1v) is 11.8. The summed E-state index contributed by atoms with van der Waals surface area (Å²) in [5, 5.41) is 23.7. The molecule has 6 atom stereocenters. The van der Waals surface area contributed by atoms with Crippen LogP contribution >= 0.6 is 0 Å². The molecule has 10 nitrogen and oxygen atoms in total. The van der Waals surface area contributed by atoms with E-state index in [0.717, 1.165) is 18.4 Å². The third-order valence-corrected chi connectivity index (χ3v) is 7.05. The zero-order valence-electron chi connectivity index (χ0n) is 19.7. The van der Waals surface area contributed by atoms with E-state index in [4.69, 9.17) is 0 Å². The van der Waals surface area contributed by atoms with Crippen LogP contribution in [-0.4, -0.2) is 68.5 Å². The molecular formula is C24H32N6O4. The van der Waals surface area contributed by atoms with Crippen LogP contribution in [0.4, 0.5) is 0 Å². The Kier molecular flexibility index (Phi) is 6.97. The number of carbonyl (C=O) groups is 3. The number of rotatable bonds is 8. The lowest BCUT2D eigenvalue weighted by Gasteiger charge is -2.34. The molecule has 182 valence electrons. The predicted molar refractivity (Wildman–Crippen MR) is 125 cm³/mol. The lowest BCUT2D eigenvalue weighted by molar-refractivity contribution is -0.143. The van der Waals surface area contributed by atoms with E-state index in [1.807, 2.05) is 43.3 Å². The first kappa shape index (κ1) is 23.9. The van der Waals surface area contributed by atoms with E-state index < -0.39 is 29.8 Å². The smallest absolute Gasteiger partial charge is 0.244 e. The van der Waals surface area contributed by atoms with Gasteiger partial charge in [0.2, 0.25) is 17.7 Å². The van der Waals surface area contributed by atoms with Gasteiger partial charge in [-0.3, -0.25) is 14.4 Å². The number of hydrogen-bond donors (Lipinski definition) is 3. The minimum absolute atomic E-state index is 0.0789. The SMILES string of the molecule is CCC[C@@H]1C=C[C@H]2[C@H](C(=O)N([C@H](C)CO)[C@@H]2C(=O)NCn2nnc3ccccc32)[C@@H]1C(=O)NC. The van der Waals surface area contributed by atoms with Gasteiger partial charge < -0.3 is 20.6 Å². The maximum atomic E-state index is 13.6. The largest absolute Gasteiger partial charge is 0.394 e. The van der Waals surface area contributed by atoms with Gasteiger partial charge in [0, 0.05) is 13.0 Å². The molecule has 10 heteroatoms. The maximum Gasteiger partial charge on any atom is 0.244 e. The van der Waals surface area contributed by atoms with E-state index in [1.165, 1.54) is 4.90 Å². The molecule has 4 rings (SSSR count). The van der Waals surface area contributed by atoms with Crippen LogP contribution in [0.3, 0.4) is 0 Å². The minimum Gasteiger partial charge on any atom is -0.394 e. The number of benzene rings is 1. The zero-order valence-corrected chi connectivity index (χ0v) is 19.7. The van der Waals surface area contributed by atoms with Crippen molar-refractivity contribution >= 4 is 28.8 Å². The second kappa shape index (κ2) is 9.92. The fourth-order valence-corrected chi connectivity index (χ4v) is 5.44. The molecular weight excluding hydrogens is 436 g/mol. The van der Waals surface area contributed by atoms with Crippen LogP contribution in [0.25, 0.3) is 11.0 Å². The number of carbonyl (C=O) groups excluding carboxylic acids is 3. The van der Waals surface area contributed by atoms with Gasteiger partial charge in [-0.15, -0.1) is 5.10 Å². The highest BCUT2D eigenvalue weighted by atomic mass is 16.3.